The van der Waals surface area contributed by atoms with E-state index in [2.05, 4.69) is 10.6 Å². The molecule has 0 aromatic heterocycles. The number of carbonyl (C=O) groups is 1. The third-order valence-corrected chi connectivity index (χ3v) is 4.97. The number of carbonyl (C=O) groups excluding carboxylic acids is 1. The fourth-order valence-corrected chi connectivity index (χ4v) is 3.46. The van der Waals surface area contributed by atoms with Gasteiger partial charge in [-0.25, -0.2) is 0 Å². The van der Waals surface area contributed by atoms with Gasteiger partial charge < -0.3 is 10.6 Å². The number of rotatable bonds is 5. The van der Waals surface area contributed by atoms with E-state index in [0.717, 1.165) is 24.5 Å². The first-order chi connectivity index (χ1) is 9.65. The zero-order valence-electron chi connectivity index (χ0n) is 11.1. The Morgan fingerprint density at radius 2 is 2.30 bits per heavy atom. The minimum atomic E-state index is 0.0385. The Morgan fingerprint density at radius 3 is 3.05 bits per heavy atom. The van der Waals surface area contributed by atoms with Gasteiger partial charge in [-0.3, -0.25) is 4.79 Å². The Hall–Kier alpha value is -0.420. The van der Waals surface area contributed by atoms with Crippen molar-refractivity contribution in [3.8, 4) is 0 Å². The van der Waals surface area contributed by atoms with E-state index in [1.165, 1.54) is 24.6 Å². The lowest BCUT2D eigenvalue weighted by Gasteiger charge is -2.22. The van der Waals surface area contributed by atoms with Crippen LogP contribution in [0.3, 0.4) is 0 Å². The zero-order valence-corrected chi connectivity index (χ0v) is 13.5. The van der Waals surface area contributed by atoms with Crippen molar-refractivity contribution in [3.63, 3.8) is 0 Å². The second-order valence-corrected chi connectivity index (χ2v) is 6.74. The van der Waals surface area contributed by atoms with E-state index in [-0.39, 0.29) is 5.91 Å². The van der Waals surface area contributed by atoms with Crippen LogP contribution in [0, 0.1) is 5.92 Å². The molecule has 0 saturated carbocycles. The highest BCUT2D eigenvalue weighted by Gasteiger charge is 2.14. The summed E-state index contributed by atoms with van der Waals surface area (Å²) in [4.78, 5) is 12.7. The van der Waals surface area contributed by atoms with Crippen LogP contribution in [-0.4, -0.2) is 31.3 Å². The SMILES string of the molecule is O=C(CSc1cc(Cl)ccc1Cl)NCC1CCCNC1. The number of nitrogens with one attached hydrogen (secondary N) is 2. The summed E-state index contributed by atoms with van der Waals surface area (Å²) in [6.45, 7) is 2.83. The number of benzene rings is 1. The van der Waals surface area contributed by atoms with Gasteiger partial charge >= 0.3 is 0 Å². The zero-order chi connectivity index (χ0) is 14.4. The van der Waals surface area contributed by atoms with Crippen LogP contribution in [0.5, 0.6) is 0 Å². The molecule has 2 rings (SSSR count). The average Bonchev–Trinajstić information content (AvgIpc) is 2.47. The van der Waals surface area contributed by atoms with Crippen molar-refractivity contribution >= 4 is 40.9 Å². The average molecular weight is 333 g/mol. The second-order valence-electron chi connectivity index (χ2n) is 4.88. The van der Waals surface area contributed by atoms with Gasteiger partial charge in [-0.1, -0.05) is 23.2 Å². The quantitative estimate of drug-likeness (QED) is 0.813. The third-order valence-electron chi connectivity index (χ3n) is 3.24. The summed E-state index contributed by atoms with van der Waals surface area (Å²) in [5.74, 6) is 0.948. The molecule has 0 spiro atoms. The number of hydrogen-bond acceptors (Lipinski definition) is 3. The van der Waals surface area contributed by atoms with Crippen LogP contribution in [0.1, 0.15) is 12.8 Å². The molecular weight excluding hydrogens is 315 g/mol. The Bertz CT molecular complexity index is 464. The molecule has 1 fully saturated rings. The van der Waals surface area contributed by atoms with E-state index in [1.807, 2.05) is 0 Å². The Kier molecular flexibility index (Phi) is 6.49. The summed E-state index contributed by atoms with van der Waals surface area (Å²) in [6, 6.07) is 5.27. The molecule has 2 N–H and O–H groups in total. The van der Waals surface area contributed by atoms with Crippen molar-refractivity contribution in [1.29, 1.82) is 0 Å². The smallest absolute Gasteiger partial charge is 0.230 e. The van der Waals surface area contributed by atoms with E-state index in [4.69, 9.17) is 23.2 Å². The van der Waals surface area contributed by atoms with Crippen LogP contribution in [0.25, 0.3) is 0 Å². The standard InChI is InChI=1S/C14H18Cl2N2OS/c15-11-3-4-12(16)13(6-11)20-9-14(19)18-8-10-2-1-5-17-7-10/h3-4,6,10,17H,1-2,5,7-9H2,(H,18,19). The van der Waals surface area contributed by atoms with E-state index in [0.29, 0.717) is 21.7 Å². The first-order valence-corrected chi connectivity index (χ1v) is 8.44. The summed E-state index contributed by atoms with van der Waals surface area (Å²) in [6.07, 6.45) is 2.37. The molecule has 1 atom stereocenters. The van der Waals surface area contributed by atoms with Crippen molar-refractivity contribution < 1.29 is 4.79 Å². The van der Waals surface area contributed by atoms with Crippen LogP contribution in [0.15, 0.2) is 23.1 Å². The lowest BCUT2D eigenvalue weighted by Crippen LogP contribution is -2.38. The minimum absolute atomic E-state index is 0.0385. The molecule has 1 amide bonds. The van der Waals surface area contributed by atoms with Crippen LogP contribution < -0.4 is 10.6 Å². The van der Waals surface area contributed by atoms with Gasteiger partial charge in [0.1, 0.15) is 0 Å². The summed E-state index contributed by atoms with van der Waals surface area (Å²) in [7, 11) is 0. The summed E-state index contributed by atoms with van der Waals surface area (Å²) < 4.78 is 0. The second kappa shape index (κ2) is 8.13. The lowest BCUT2D eigenvalue weighted by molar-refractivity contribution is -0.118. The number of hydrogen-bond donors (Lipinski definition) is 2. The van der Waals surface area contributed by atoms with E-state index >= 15 is 0 Å². The minimum Gasteiger partial charge on any atom is -0.355 e. The molecule has 1 aromatic carbocycles. The third kappa shape index (κ3) is 5.17. The van der Waals surface area contributed by atoms with Crippen LogP contribution in [0.4, 0.5) is 0 Å². The molecule has 0 radical (unpaired) electrons. The molecule has 1 heterocycles. The molecule has 110 valence electrons. The first-order valence-electron chi connectivity index (χ1n) is 6.70. The molecule has 1 aliphatic rings. The van der Waals surface area contributed by atoms with Gasteiger partial charge in [-0.2, -0.15) is 0 Å². The maximum atomic E-state index is 11.8. The van der Waals surface area contributed by atoms with Gasteiger partial charge in [0, 0.05) is 16.5 Å². The van der Waals surface area contributed by atoms with Gasteiger partial charge in [-0.05, 0) is 50.0 Å². The van der Waals surface area contributed by atoms with Crippen molar-refractivity contribution in [2.45, 2.75) is 17.7 Å². The predicted octanol–water partition coefficient (Wildman–Crippen LogP) is 3.20. The molecule has 20 heavy (non-hydrogen) atoms. The van der Waals surface area contributed by atoms with Gasteiger partial charge in [0.25, 0.3) is 0 Å². The lowest BCUT2D eigenvalue weighted by atomic mass is 10.00. The number of piperidine rings is 1. The molecule has 6 heteroatoms. The normalized spacial score (nSPS) is 18.8. The topological polar surface area (TPSA) is 41.1 Å². The Morgan fingerprint density at radius 1 is 1.45 bits per heavy atom. The largest absolute Gasteiger partial charge is 0.355 e. The van der Waals surface area contributed by atoms with Gasteiger partial charge in [0.2, 0.25) is 5.91 Å². The molecule has 1 aliphatic heterocycles. The maximum Gasteiger partial charge on any atom is 0.230 e. The van der Waals surface area contributed by atoms with Crippen LogP contribution in [-0.2, 0) is 4.79 Å². The molecule has 0 aliphatic carbocycles. The summed E-state index contributed by atoms with van der Waals surface area (Å²) >= 11 is 13.4. The monoisotopic (exact) mass is 332 g/mol. The number of halogens is 2. The highest BCUT2D eigenvalue weighted by Crippen LogP contribution is 2.29. The molecular formula is C14H18Cl2N2OS. The van der Waals surface area contributed by atoms with Crippen LogP contribution in [0.2, 0.25) is 10.0 Å². The first kappa shape index (κ1) is 16.0. The van der Waals surface area contributed by atoms with Gasteiger partial charge in [0.05, 0.1) is 10.8 Å². The van der Waals surface area contributed by atoms with Crippen molar-refractivity contribution in [2.75, 3.05) is 25.4 Å². The molecule has 1 saturated heterocycles. The van der Waals surface area contributed by atoms with E-state index in [1.54, 1.807) is 18.2 Å². The van der Waals surface area contributed by atoms with Crippen LogP contribution >= 0.6 is 35.0 Å². The number of thioether (sulfide) groups is 1. The highest BCUT2D eigenvalue weighted by molar-refractivity contribution is 8.00. The fraction of sp³-hybridized carbons (Fsp3) is 0.500. The highest BCUT2D eigenvalue weighted by atomic mass is 35.5. The Labute approximate surface area is 133 Å². The molecule has 0 bridgehead atoms. The number of amides is 1. The molecule has 1 aromatic rings. The van der Waals surface area contributed by atoms with Crippen molar-refractivity contribution in [1.82, 2.24) is 10.6 Å². The Balaban J connectivity index is 1.73. The van der Waals surface area contributed by atoms with E-state index < -0.39 is 0 Å². The van der Waals surface area contributed by atoms with Crippen molar-refractivity contribution in [2.24, 2.45) is 5.92 Å². The fourth-order valence-electron chi connectivity index (χ4n) is 2.14. The summed E-state index contributed by atoms with van der Waals surface area (Å²) in [5, 5.41) is 7.58. The maximum absolute atomic E-state index is 11.8. The van der Waals surface area contributed by atoms with Crippen molar-refractivity contribution in [3.05, 3.63) is 28.2 Å². The van der Waals surface area contributed by atoms with Gasteiger partial charge in [0.15, 0.2) is 0 Å². The van der Waals surface area contributed by atoms with Gasteiger partial charge in [-0.15, -0.1) is 11.8 Å². The summed E-state index contributed by atoms with van der Waals surface area (Å²) in [5.41, 5.74) is 0. The molecule has 1 unspecified atom stereocenters. The molecule has 3 nitrogen and oxygen atoms in total. The predicted molar refractivity (Wildman–Crippen MR) is 85.8 cm³/mol. The van der Waals surface area contributed by atoms with E-state index in [9.17, 15) is 4.79 Å².